The molecule has 0 radical (unpaired) electrons. The van der Waals surface area contributed by atoms with E-state index in [2.05, 4.69) is 39.2 Å². The van der Waals surface area contributed by atoms with E-state index in [0.29, 0.717) is 13.2 Å². The van der Waals surface area contributed by atoms with E-state index in [1.165, 1.54) is 5.69 Å². The number of hydrogen-bond acceptors (Lipinski definition) is 7. The van der Waals surface area contributed by atoms with Crippen LogP contribution < -0.4 is 15.5 Å². The summed E-state index contributed by atoms with van der Waals surface area (Å²) in [4.78, 5) is 9.45. The minimum absolute atomic E-state index is 0.0372. The lowest BCUT2D eigenvalue weighted by atomic mass is 10.0. The van der Waals surface area contributed by atoms with Crippen LogP contribution in [0.2, 0.25) is 0 Å². The molecule has 3 aromatic rings. The molecule has 0 amide bonds. The van der Waals surface area contributed by atoms with Crippen LogP contribution >= 0.6 is 0 Å². The quantitative estimate of drug-likeness (QED) is 0.703. The van der Waals surface area contributed by atoms with Crippen molar-refractivity contribution in [2.75, 3.05) is 62.3 Å². The number of nitrogens with zero attached hydrogens (tertiary/aromatic N) is 5. The van der Waals surface area contributed by atoms with Crippen molar-refractivity contribution in [1.82, 2.24) is 14.8 Å². The molecule has 5 rings (SSSR count). The number of hydrogen-bond donors (Lipinski definition) is 1. The van der Waals surface area contributed by atoms with Gasteiger partial charge in [0.05, 0.1) is 43.2 Å². The Labute approximate surface area is 176 Å². The zero-order valence-electron chi connectivity index (χ0n) is 17.3. The van der Waals surface area contributed by atoms with E-state index < -0.39 is 0 Å². The van der Waals surface area contributed by atoms with Crippen molar-refractivity contribution in [3.05, 3.63) is 36.7 Å². The van der Waals surface area contributed by atoms with Crippen molar-refractivity contribution in [2.24, 2.45) is 12.8 Å². The van der Waals surface area contributed by atoms with Gasteiger partial charge in [-0.25, -0.2) is 4.98 Å². The molecule has 158 valence electrons. The van der Waals surface area contributed by atoms with Crippen LogP contribution in [0.15, 0.2) is 36.7 Å². The molecule has 8 nitrogen and oxygen atoms in total. The van der Waals surface area contributed by atoms with Crippen molar-refractivity contribution in [3.8, 4) is 11.1 Å². The van der Waals surface area contributed by atoms with E-state index in [9.17, 15) is 0 Å². The number of rotatable bonds is 4. The summed E-state index contributed by atoms with van der Waals surface area (Å²) in [7, 11) is 1.93. The minimum Gasteiger partial charge on any atom is -0.378 e. The van der Waals surface area contributed by atoms with Gasteiger partial charge >= 0.3 is 0 Å². The maximum atomic E-state index is 5.90. The summed E-state index contributed by atoms with van der Waals surface area (Å²) < 4.78 is 13.1. The summed E-state index contributed by atoms with van der Waals surface area (Å²) in [6.45, 7) is 6.21. The van der Waals surface area contributed by atoms with Gasteiger partial charge in [-0.05, 0) is 17.7 Å². The first-order valence-corrected chi connectivity index (χ1v) is 10.5. The molecule has 0 spiro atoms. The molecule has 2 fully saturated rings. The van der Waals surface area contributed by atoms with Gasteiger partial charge in [0.25, 0.3) is 0 Å². The van der Waals surface area contributed by atoms with Gasteiger partial charge in [-0.3, -0.25) is 4.68 Å². The van der Waals surface area contributed by atoms with E-state index in [1.807, 2.05) is 24.1 Å². The van der Waals surface area contributed by atoms with Crippen LogP contribution in [0.4, 0.5) is 11.4 Å². The highest BCUT2D eigenvalue weighted by Crippen LogP contribution is 2.37. The molecule has 8 heteroatoms. The Kier molecular flexibility index (Phi) is 5.28. The predicted molar refractivity (Wildman–Crippen MR) is 118 cm³/mol. The summed E-state index contributed by atoms with van der Waals surface area (Å²) in [6.07, 6.45) is 3.92. The fourth-order valence-electron chi connectivity index (χ4n) is 4.37. The van der Waals surface area contributed by atoms with Gasteiger partial charge in [0.1, 0.15) is 0 Å². The topological polar surface area (TPSA) is 81.7 Å². The zero-order valence-corrected chi connectivity index (χ0v) is 17.3. The number of aromatic nitrogens is 3. The van der Waals surface area contributed by atoms with Crippen LogP contribution in [0.25, 0.3) is 22.2 Å². The Morgan fingerprint density at radius 2 is 1.80 bits per heavy atom. The lowest BCUT2D eigenvalue weighted by molar-refractivity contribution is 0.0467. The number of fused-ring (bicyclic) bond motifs is 1. The Morgan fingerprint density at radius 1 is 1.03 bits per heavy atom. The Bertz CT molecular complexity index is 1010. The summed E-state index contributed by atoms with van der Waals surface area (Å²) in [5, 5.41) is 5.51. The maximum Gasteiger partial charge on any atom is 0.159 e. The highest BCUT2D eigenvalue weighted by Gasteiger charge is 2.25. The fourth-order valence-corrected chi connectivity index (χ4v) is 4.37. The first-order chi connectivity index (χ1) is 14.7. The second kappa shape index (κ2) is 8.22. The van der Waals surface area contributed by atoms with E-state index in [0.717, 1.165) is 67.2 Å². The highest BCUT2D eigenvalue weighted by atomic mass is 16.5. The van der Waals surface area contributed by atoms with Crippen molar-refractivity contribution < 1.29 is 9.47 Å². The number of pyridine rings is 1. The molecule has 2 aliphatic heterocycles. The third kappa shape index (κ3) is 3.51. The van der Waals surface area contributed by atoms with Crippen molar-refractivity contribution in [2.45, 2.75) is 6.10 Å². The molecule has 4 heterocycles. The normalized spacial score (nSPS) is 20.1. The average Bonchev–Trinajstić information content (AvgIpc) is 3.20. The first-order valence-electron chi connectivity index (χ1n) is 10.5. The van der Waals surface area contributed by atoms with E-state index in [-0.39, 0.29) is 6.10 Å². The van der Waals surface area contributed by atoms with E-state index in [4.69, 9.17) is 20.2 Å². The van der Waals surface area contributed by atoms with Crippen LogP contribution in [-0.2, 0) is 16.5 Å². The van der Waals surface area contributed by atoms with Crippen molar-refractivity contribution in [1.29, 1.82) is 0 Å². The lowest BCUT2D eigenvalue weighted by Gasteiger charge is -2.35. The molecule has 0 saturated carbocycles. The smallest absolute Gasteiger partial charge is 0.159 e. The summed E-state index contributed by atoms with van der Waals surface area (Å²) in [5.74, 6) is 0. The van der Waals surface area contributed by atoms with Crippen LogP contribution in [0.5, 0.6) is 0 Å². The van der Waals surface area contributed by atoms with Gasteiger partial charge in [0.2, 0.25) is 0 Å². The second-order valence-electron chi connectivity index (χ2n) is 7.85. The second-order valence-corrected chi connectivity index (χ2v) is 7.85. The first kappa shape index (κ1) is 19.3. The molecule has 2 saturated heterocycles. The van der Waals surface area contributed by atoms with Crippen LogP contribution in [0, 0.1) is 0 Å². The third-order valence-electron chi connectivity index (χ3n) is 6.01. The SMILES string of the molecule is Cn1ncc2c(N3CCOC(CN)C3)c(-c3ccc(N4CCOCC4)cc3)cnc21. The maximum absolute atomic E-state index is 5.90. The van der Waals surface area contributed by atoms with Gasteiger partial charge in [0.15, 0.2) is 5.65 Å². The number of anilines is 2. The summed E-state index contributed by atoms with van der Waals surface area (Å²) in [6, 6.07) is 8.77. The molecule has 1 aromatic carbocycles. The molecule has 0 bridgehead atoms. The Hall–Kier alpha value is -2.68. The van der Waals surface area contributed by atoms with Gasteiger partial charge < -0.3 is 25.0 Å². The molecule has 30 heavy (non-hydrogen) atoms. The van der Waals surface area contributed by atoms with Crippen LogP contribution in [0.1, 0.15) is 0 Å². The zero-order chi connectivity index (χ0) is 20.5. The number of benzene rings is 1. The minimum atomic E-state index is 0.0372. The fraction of sp³-hybridized carbons (Fsp3) is 0.455. The predicted octanol–water partition coefficient (Wildman–Crippen LogP) is 1.64. The van der Waals surface area contributed by atoms with E-state index >= 15 is 0 Å². The number of nitrogens with two attached hydrogens (primary N) is 1. The summed E-state index contributed by atoms with van der Waals surface area (Å²) in [5.41, 5.74) is 11.4. The third-order valence-corrected chi connectivity index (χ3v) is 6.01. The number of ether oxygens (including phenoxy) is 2. The molecular weight excluding hydrogens is 380 g/mol. The highest BCUT2D eigenvalue weighted by molar-refractivity contribution is 5.98. The van der Waals surface area contributed by atoms with Crippen LogP contribution in [0.3, 0.4) is 0 Å². The van der Waals surface area contributed by atoms with Crippen molar-refractivity contribution in [3.63, 3.8) is 0 Å². The average molecular weight is 409 g/mol. The molecular formula is C22H28N6O2. The Balaban J connectivity index is 1.55. The van der Waals surface area contributed by atoms with Crippen molar-refractivity contribution >= 4 is 22.4 Å². The van der Waals surface area contributed by atoms with Gasteiger partial charge in [-0.1, -0.05) is 12.1 Å². The molecule has 2 N–H and O–H groups in total. The molecule has 0 aliphatic carbocycles. The standard InChI is InChI=1S/C22H28N6O2/c1-26-22-20(14-25-26)21(28-8-11-30-18(12-23)15-28)19(13-24-22)16-2-4-17(5-3-16)27-6-9-29-10-7-27/h2-5,13-14,18H,6-12,15,23H2,1H3. The molecule has 2 aliphatic rings. The number of aryl methyl sites for hydroxylation is 1. The monoisotopic (exact) mass is 408 g/mol. The molecule has 1 unspecified atom stereocenters. The molecule has 1 atom stereocenters. The summed E-state index contributed by atoms with van der Waals surface area (Å²) >= 11 is 0. The van der Waals surface area contributed by atoms with Crippen LogP contribution in [-0.4, -0.2) is 73.4 Å². The van der Waals surface area contributed by atoms with Gasteiger partial charge in [-0.2, -0.15) is 5.10 Å². The van der Waals surface area contributed by atoms with E-state index in [1.54, 1.807) is 0 Å². The largest absolute Gasteiger partial charge is 0.378 e. The van der Waals surface area contributed by atoms with Gasteiger partial charge in [-0.15, -0.1) is 0 Å². The Morgan fingerprint density at radius 3 is 2.57 bits per heavy atom. The molecule has 2 aromatic heterocycles. The number of morpholine rings is 2. The lowest BCUT2D eigenvalue weighted by Crippen LogP contribution is -2.46. The van der Waals surface area contributed by atoms with Gasteiger partial charge in [0, 0.05) is 57.2 Å².